The zero-order valence-electron chi connectivity index (χ0n) is 34.0. The number of carbonyl (C=O) groups excluding carboxylic acids is 7. The molecule has 2 saturated heterocycles. The van der Waals surface area contributed by atoms with Gasteiger partial charge in [0.2, 0.25) is 5.91 Å². The Bertz CT molecular complexity index is 2050. The van der Waals surface area contributed by atoms with Crippen molar-refractivity contribution in [1.29, 1.82) is 0 Å². The number of nitrogens with one attached hydrogen (secondary N) is 1. The molecule has 18 nitrogen and oxygen atoms in total. The van der Waals surface area contributed by atoms with Gasteiger partial charge in [-0.1, -0.05) is 60.7 Å². The molecule has 0 unspecified atom stereocenters. The van der Waals surface area contributed by atoms with Crippen molar-refractivity contribution >= 4 is 41.6 Å². The van der Waals surface area contributed by atoms with Crippen LogP contribution in [0.5, 0.6) is 0 Å². The van der Waals surface area contributed by atoms with Gasteiger partial charge in [-0.3, -0.25) is 33.7 Å². The number of ether oxygens (including phenoxy) is 9. The number of fused-ring (bicyclic) bond motifs is 1. The number of imide groups is 1. The second-order valence-corrected chi connectivity index (χ2v) is 14.3. The van der Waals surface area contributed by atoms with Crippen LogP contribution in [0.2, 0.25) is 0 Å². The number of carbonyl (C=O) groups is 7. The van der Waals surface area contributed by atoms with Crippen LogP contribution in [0, 0.1) is 0 Å². The van der Waals surface area contributed by atoms with Crippen LogP contribution in [0.15, 0.2) is 84.9 Å². The van der Waals surface area contributed by atoms with Crippen molar-refractivity contribution in [1.82, 2.24) is 10.2 Å². The molecule has 0 aliphatic carbocycles. The summed E-state index contributed by atoms with van der Waals surface area (Å²) < 4.78 is 54.4. The topological polar surface area (TPSA) is 218 Å². The molecule has 10 atom stereocenters. The maximum Gasteiger partial charge on any atom is 0.338 e. The number of hydrogen-bond acceptors (Lipinski definition) is 16. The van der Waals surface area contributed by atoms with E-state index in [9.17, 15) is 33.6 Å². The van der Waals surface area contributed by atoms with Crippen LogP contribution in [0.3, 0.4) is 0 Å². The van der Waals surface area contributed by atoms with Gasteiger partial charge in [-0.05, 0) is 29.8 Å². The molecule has 3 aromatic carbocycles. The number of rotatable bonds is 15. The Hall–Kier alpha value is -6.05. The summed E-state index contributed by atoms with van der Waals surface area (Å²) in [4.78, 5) is 93.0. The first-order chi connectivity index (χ1) is 29.3. The minimum Gasteiger partial charge on any atom is -0.463 e. The molecule has 0 aromatic heterocycles. The van der Waals surface area contributed by atoms with E-state index >= 15 is 0 Å². The summed E-state index contributed by atoms with van der Waals surface area (Å²) in [6.45, 7) is 3.42. The molecule has 0 spiro atoms. The fourth-order valence-corrected chi connectivity index (χ4v) is 7.47. The highest BCUT2D eigenvalue weighted by molar-refractivity contribution is 6.21. The van der Waals surface area contributed by atoms with Gasteiger partial charge >= 0.3 is 23.9 Å². The third-order valence-corrected chi connectivity index (χ3v) is 10.0. The summed E-state index contributed by atoms with van der Waals surface area (Å²) in [7, 11) is 1.34. The van der Waals surface area contributed by atoms with Crippen molar-refractivity contribution in [3.63, 3.8) is 0 Å². The highest BCUT2D eigenvalue weighted by Crippen LogP contribution is 2.38. The lowest BCUT2D eigenvalue weighted by molar-refractivity contribution is -0.339. The Morgan fingerprint density at radius 2 is 1.18 bits per heavy atom. The van der Waals surface area contributed by atoms with E-state index in [2.05, 4.69) is 5.32 Å². The molecule has 6 rings (SSSR count). The Morgan fingerprint density at radius 1 is 0.639 bits per heavy atom. The Labute approximate surface area is 350 Å². The highest BCUT2D eigenvalue weighted by atomic mass is 16.7. The fraction of sp³-hybridized carbons (Fsp3) is 0.419. The van der Waals surface area contributed by atoms with Gasteiger partial charge in [0.25, 0.3) is 11.8 Å². The molecule has 3 heterocycles. The summed E-state index contributed by atoms with van der Waals surface area (Å²) >= 11 is 0. The van der Waals surface area contributed by atoms with Crippen LogP contribution in [0.1, 0.15) is 64.3 Å². The Morgan fingerprint density at radius 3 is 1.75 bits per heavy atom. The molecule has 3 aliphatic heterocycles. The second kappa shape index (κ2) is 20.0. The molecule has 1 N–H and O–H groups in total. The maximum absolute atomic E-state index is 14.3. The summed E-state index contributed by atoms with van der Waals surface area (Å²) in [5, 5.41) is 2.80. The smallest absolute Gasteiger partial charge is 0.338 e. The number of methoxy groups -OCH3 is 1. The van der Waals surface area contributed by atoms with Crippen LogP contribution in [-0.2, 0) is 68.4 Å². The largest absolute Gasteiger partial charge is 0.463 e. The lowest BCUT2D eigenvalue weighted by atomic mass is 9.93. The van der Waals surface area contributed by atoms with E-state index in [4.69, 9.17) is 42.6 Å². The van der Waals surface area contributed by atoms with E-state index in [1.54, 1.807) is 66.7 Å². The zero-order valence-corrected chi connectivity index (χ0v) is 34.0. The van der Waals surface area contributed by atoms with Crippen LogP contribution in [0.4, 0.5) is 0 Å². The lowest BCUT2D eigenvalue weighted by Gasteiger charge is -2.50. The monoisotopic (exact) mass is 846 g/mol. The van der Waals surface area contributed by atoms with Crippen LogP contribution in [0.25, 0.3) is 0 Å². The molecule has 0 saturated carbocycles. The summed E-state index contributed by atoms with van der Waals surface area (Å²) in [6, 6.07) is 20.3. The van der Waals surface area contributed by atoms with Crippen molar-refractivity contribution in [3.8, 4) is 0 Å². The average molecular weight is 847 g/mol. The number of esters is 4. The first-order valence-corrected chi connectivity index (χ1v) is 19.4. The zero-order chi connectivity index (χ0) is 43.8. The molecule has 0 bridgehead atoms. The van der Waals surface area contributed by atoms with Gasteiger partial charge in [-0.2, -0.15) is 0 Å². The fourth-order valence-electron chi connectivity index (χ4n) is 7.47. The minimum atomic E-state index is -1.82. The van der Waals surface area contributed by atoms with Crippen molar-refractivity contribution < 1.29 is 76.2 Å². The Balaban J connectivity index is 1.49. The summed E-state index contributed by atoms with van der Waals surface area (Å²) in [5.74, 6) is -5.37. The first kappa shape index (κ1) is 44.5. The van der Waals surface area contributed by atoms with E-state index in [0.29, 0.717) is 5.56 Å². The number of nitrogens with zero attached hydrogens (tertiary/aromatic N) is 1. The first-order valence-electron chi connectivity index (χ1n) is 19.4. The predicted molar refractivity (Wildman–Crippen MR) is 207 cm³/mol. The molecule has 3 amide bonds. The van der Waals surface area contributed by atoms with Gasteiger partial charge in [0.15, 0.2) is 24.8 Å². The van der Waals surface area contributed by atoms with Crippen molar-refractivity contribution in [2.45, 2.75) is 95.6 Å². The Kier molecular flexibility index (Phi) is 14.6. The van der Waals surface area contributed by atoms with E-state index < -0.39 is 116 Å². The number of hydrogen-bond donors (Lipinski definition) is 1. The third kappa shape index (κ3) is 10.5. The standard InChI is InChI=1S/C43H46N2O16/c1-23(46)44-33-37(55-20-27-14-8-6-9-15-27)35(32(59-42(33)53-5)22-56-41(52)28-16-10-7-11-17-28)61-43-34(45-39(50)29-18-12-13-19-30(29)40(45)51)38(58-26(4)49)36(57-25(3)48)31(60-43)21-54-24(2)47/h6-19,31-38,42-43H,20-22H2,1-5H3,(H,44,46)/t31-,32-,33+,34-,35-,36-,37-,38-,42+,43+/m1/s1. The molecular formula is C43H46N2O16. The van der Waals surface area contributed by atoms with Gasteiger partial charge in [-0.25, -0.2) is 4.79 Å². The third-order valence-electron chi connectivity index (χ3n) is 10.0. The molecule has 0 radical (unpaired) electrons. The number of amides is 3. The molecule has 3 aliphatic rings. The predicted octanol–water partition coefficient (Wildman–Crippen LogP) is 2.51. The highest BCUT2D eigenvalue weighted by Gasteiger charge is 2.59. The second-order valence-electron chi connectivity index (χ2n) is 14.3. The van der Waals surface area contributed by atoms with Crippen molar-refractivity contribution in [3.05, 3.63) is 107 Å². The molecule has 324 valence electrons. The van der Waals surface area contributed by atoms with Crippen molar-refractivity contribution in [2.75, 3.05) is 20.3 Å². The summed E-state index contributed by atoms with van der Waals surface area (Å²) in [6.07, 6.45) is -11.7. The van der Waals surface area contributed by atoms with E-state index in [0.717, 1.165) is 25.7 Å². The van der Waals surface area contributed by atoms with E-state index in [1.807, 2.05) is 6.07 Å². The average Bonchev–Trinajstić information content (AvgIpc) is 3.48. The summed E-state index contributed by atoms with van der Waals surface area (Å²) in [5.41, 5.74) is 0.975. The van der Waals surface area contributed by atoms with Gasteiger partial charge in [-0.15, -0.1) is 0 Å². The quantitative estimate of drug-likeness (QED) is 0.132. The normalized spacial score (nSPS) is 27.1. The molecule has 61 heavy (non-hydrogen) atoms. The molecule has 2 fully saturated rings. The lowest BCUT2D eigenvalue weighted by Crippen LogP contribution is -2.71. The van der Waals surface area contributed by atoms with Gasteiger partial charge in [0, 0.05) is 34.8 Å². The SMILES string of the molecule is CO[C@H]1O[C@H](COC(=O)c2ccccc2)[C@@H](O[C@@H]2O[C@H](COC(C)=O)[C@@H](OC(C)=O)[C@H](OC(C)=O)[C@H]2N2C(=O)c3ccccc3C2=O)[C@H](OCc2ccccc2)[C@@H]1NC(C)=O. The number of benzene rings is 3. The van der Waals surface area contributed by atoms with Crippen LogP contribution >= 0.6 is 0 Å². The van der Waals surface area contributed by atoms with Gasteiger partial charge < -0.3 is 47.9 Å². The van der Waals surface area contributed by atoms with Crippen LogP contribution in [-0.4, -0.2) is 128 Å². The van der Waals surface area contributed by atoms with E-state index in [1.165, 1.54) is 26.2 Å². The minimum absolute atomic E-state index is 0.0170. The van der Waals surface area contributed by atoms with Crippen LogP contribution < -0.4 is 5.32 Å². The van der Waals surface area contributed by atoms with Gasteiger partial charge in [0.05, 0.1) is 23.3 Å². The van der Waals surface area contributed by atoms with E-state index in [-0.39, 0.29) is 23.3 Å². The van der Waals surface area contributed by atoms with Gasteiger partial charge in [0.1, 0.15) is 49.7 Å². The maximum atomic E-state index is 14.3. The van der Waals surface area contributed by atoms with Crippen molar-refractivity contribution in [2.24, 2.45) is 0 Å². The molecule has 3 aromatic rings. The molecule has 18 heteroatoms. The molecular weight excluding hydrogens is 800 g/mol.